The maximum absolute atomic E-state index is 13.2. The molecule has 28 heavy (non-hydrogen) atoms. The largest absolute Gasteiger partial charge is 0.497 e. The van der Waals surface area contributed by atoms with Crippen LogP contribution in [0.25, 0.3) is 6.08 Å². The molecule has 2 aromatic rings. The summed E-state index contributed by atoms with van der Waals surface area (Å²) in [4.78, 5) is 13.2. The second-order valence-corrected chi connectivity index (χ2v) is 6.16. The van der Waals surface area contributed by atoms with Crippen molar-refractivity contribution >= 4 is 17.5 Å². The van der Waals surface area contributed by atoms with Crippen molar-refractivity contribution in [2.75, 3.05) is 34.2 Å². The maximum Gasteiger partial charge on any atom is 0.189 e. The minimum absolute atomic E-state index is 0.0935. The fourth-order valence-corrected chi connectivity index (χ4v) is 2.94. The third-order valence-corrected chi connectivity index (χ3v) is 4.35. The fourth-order valence-electron chi connectivity index (χ4n) is 2.94. The highest BCUT2D eigenvalue weighted by Crippen LogP contribution is 2.37. The number of benzene rings is 2. The number of allylic oxidation sites excluding steroid dienone is 1. The van der Waals surface area contributed by atoms with E-state index in [1.165, 1.54) is 7.11 Å². The molecule has 0 unspecified atom stereocenters. The molecule has 2 aromatic carbocycles. The van der Waals surface area contributed by atoms with Crippen LogP contribution in [0, 0.1) is 0 Å². The molecule has 0 fully saturated rings. The van der Waals surface area contributed by atoms with E-state index in [1.54, 1.807) is 45.6 Å². The van der Waals surface area contributed by atoms with Gasteiger partial charge in [0.2, 0.25) is 0 Å². The van der Waals surface area contributed by atoms with Crippen LogP contribution in [-0.2, 0) is 0 Å². The number of ketones is 1. The summed E-state index contributed by atoms with van der Waals surface area (Å²) in [5.74, 6) is 2.07. The van der Waals surface area contributed by atoms with Gasteiger partial charge in [-0.2, -0.15) is 0 Å². The molecule has 6 heteroatoms. The summed E-state index contributed by atoms with van der Waals surface area (Å²) < 4.78 is 21.5. The smallest absolute Gasteiger partial charge is 0.189 e. The lowest BCUT2D eigenvalue weighted by Gasteiger charge is -2.14. The number of hydrogen-bond donors (Lipinski definition) is 1. The Morgan fingerprint density at radius 3 is 2.25 bits per heavy atom. The highest BCUT2D eigenvalue weighted by atomic mass is 16.5. The molecule has 150 valence electrons. The van der Waals surface area contributed by atoms with Crippen LogP contribution in [0.1, 0.15) is 35.7 Å². The normalized spacial score (nSPS) is 11.1. The van der Waals surface area contributed by atoms with Gasteiger partial charge in [-0.05, 0) is 36.8 Å². The van der Waals surface area contributed by atoms with Crippen LogP contribution in [0.3, 0.4) is 0 Å². The molecule has 0 saturated carbocycles. The van der Waals surface area contributed by atoms with Crippen LogP contribution in [0.2, 0.25) is 0 Å². The van der Waals surface area contributed by atoms with Crippen LogP contribution in [0.15, 0.2) is 35.9 Å². The molecule has 0 atom stereocenters. The molecule has 0 aliphatic carbocycles. The molecule has 0 spiro atoms. The van der Waals surface area contributed by atoms with Crippen molar-refractivity contribution < 1.29 is 23.7 Å². The van der Waals surface area contributed by atoms with E-state index in [0.29, 0.717) is 51.8 Å². The van der Waals surface area contributed by atoms with Gasteiger partial charge in [-0.15, -0.1) is 0 Å². The Bertz CT molecular complexity index is 873. The quantitative estimate of drug-likeness (QED) is 0.392. The van der Waals surface area contributed by atoms with Gasteiger partial charge in [0.05, 0.1) is 34.1 Å². The van der Waals surface area contributed by atoms with Crippen molar-refractivity contribution in [1.82, 2.24) is 0 Å². The van der Waals surface area contributed by atoms with Gasteiger partial charge < -0.3 is 24.7 Å². The van der Waals surface area contributed by atoms with Gasteiger partial charge in [0, 0.05) is 22.8 Å². The van der Waals surface area contributed by atoms with Gasteiger partial charge in [-0.3, -0.25) is 4.79 Å². The molecule has 0 amide bonds. The first-order chi connectivity index (χ1) is 13.5. The number of nitrogens with two attached hydrogens (primary N) is 1. The van der Waals surface area contributed by atoms with Crippen LogP contribution in [-0.4, -0.2) is 34.2 Å². The van der Waals surface area contributed by atoms with Crippen LogP contribution in [0.4, 0.5) is 5.69 Å². The summed E-state index contributed by atoms with van der Waals surface area (Å²) in [5.41, 5.74) is 8.21. The van der Waals surface area contributed by atoms with Crippen molar-refractivity contribution in [3.8, 4) is 23.0 Å². The van der Waals surface area contributed by atoms with E-state index in [2.05, 4.69) is 0 Å². The lowest BCUT2D eigenvalue weighted by molar-refractivity contribution is 0.103. The average molecular weight is 385 g/mol. The first kappa shape index (κ1) is 21.2. The van der Waals surface area contributed by atoms with Crippen molar-refractivity contribution in [3.63, 3.8) is 0 Å². The molecule has 0 radical (unpaired) electrons. The van der Waals surface area contributed by atoms with E-state index < -0.39 is 0 Å². The Labute approximate surface area is 165 Å². The topological polar surface area (TPSA) is 80.0 Å². The molecule has 2 N–H and O–H groups in total. The van der Waals surface area contributed by atoms with Gasteiger partial charge in [0.15, 0.2) is 17.3 Å². The summed E-state index contributed by atoms with van der Waals surface area (Å²) in [5, 5.41) is 0. The maximum atomic E-state index is 13.2. The Morgan fingerprint density at radius 1 is 0.964 bits per heavy atom. The fraction of sp³-hybridized carbons (Fsp3) is 0.318. The number of carbonyl (C=O) groups excluding carboxylic acids is 1. The van der Waals surface area contributed by atoms with Crippen molar-refractivity contribution in [2.24, 2.45) is 0 Å². The minimum atomic E-state index is -0.0935. The SMILES string of the molecule is CCCC(=Cc1cc(OC)cc(OC)c1OC)C(=O)c1ccc(N)c(OC)c1. The lowest BCUT2D eigenvalue weighted by Crippen LogP contribution is -2.05. The first-order valence-electron chi connectivity index (χ1n) is 8.97. The summed E-state index contributed by atoms with van der Waals surface area (Å²) in [6.07, 6.45) is 3.24. The Hall–Kier alpha value is -3.15. The number of hydrogen-bond acceptors (Lipinski definition) is 6. The monoisotopic (exact) mass is 385 g/mol. The molecule has 2 rings (SSSR count). The molecule has 0 aliphatic heterocycles. The van der Waals surface area contributed by atoms with E-state index in [9.17, 15) is 4.79 Å². The van der Waals surface area contributed by atoms with Crippen LogP contribution < -0.4 is 24.7 Å². The number of ether oxygens (including phenoxy) is 4. The summed E-state index contributed by atoms with van der Waals surface area (Å²) in [6.45, 7) is 2.02. The number of rotatable bonds is 9. The zero-order chi connectivity index (χ0) is 20.7. The van der Waals surface area contributed by atoms with Crippen molar-refractivity contribution in [2.45, 2.75) is 19.8 Å². The number of Topliss-reactive ketones (excluding diaryl/α,β-unsaturated/α-hetero) is 1. The average Bonchev–Trinajstić information content (AvgIpc) is 2.72. The Morgan fingerprint density at radius 2 is 1.68 bits per heavy atom. The lowest BCUT2D eigenvalue weighted by atomic mass is 9.96. The predicted molar refractivity (Wildman–Crippen MR) is 111 cm³/mol. The molecule has 6 nitrogen and oxygen atoms in total. The number of anilines is 1. The highest BCUT2D eigenvalue weighted by molar-refractivity contribution is 6.11. The summed E-state index contributed by atoms with van der Waals surface area (Å²) >= 11 is 0. The van der Waals surface area contributed by atoms with Gasteiger partial charge in [0.25, 0.3) is 0 Å². The third kappa shape index (κ3) is 4.57. The minimum Gasteiger partial charge on any atom is -0.497 e. The number of nitrogen functional groups attached to an aromatic ring is 1. The van der Waals surface area contributed by atoms with E-state index in [-0.39, 0.29) is 5.78 Å². The van der Waals surface area contributed by atoms with Gasteiger partial charge >= 0.3 is 0 Å². The third-order valence-electron chi connectivity index (χ3n) is 4.35. The summed E-state index contributed by atoms with van der Waals surface area (Å²) in [6, 6.07) is 8.58. The molecule has 0 heterocycles. The van der Waals surface area contributed by atoms with Gasteiger partial charge in [-0.1, -0.05) is 13.3 Å². The highest BCUT2D eigenvalue weighted by Gasteiger charge is 2.17. The van der Waals surface area contributed by atoms with E-state index in [1.807, 2.05) is 19.1 Å². The zero-order valence-corrected chi connectivity index (χ0v) is 17.0. The standard InChI is InChI=1S/C22H27NO5/c1-6-7-14(21(24)15-8-9-18(23)19(12-15)26-3)10-16-11-17(25-2)13-20(27-4)22(16)28-5/h8-13H,6-7,23H2,1-5H3. The second kappa shape index (κ2) is 9.69. The molecule has 0 aliphatic rings. The molecule has 0 aromatic heterocycles. The predicted octanol–water partition coefficient (Wildman–Crippen LogP) is 4.37. The first-order valence-corrected chi connectivity index (χ1v) is 8.97. The number of methoxy groups -OCH3 is 4. The van der Waals surface area contributed by atoms with E-state index in [0.717, 1.165) is 6.42 Å². The van der Waals surface area contributed by atoms with E-state index >= 15 is 0 Å². The van der Waals surface area contributed by atoms with Crippen LogP contribution in [0.5, 0.6) is 23.0 Å². The second-order valence-electron chi connectivity index (χ2n) is 6.16. The Balaban J connectivity index is 2.57. The van der Waals surface area contributed by atoms with Crippen LogP contribution >= 0.6 is 0 Å². The molecular formula is C22H27NO5. The number of carbonyl (C=O) groups is 1. The molecular weight excluding hydrogens is 358 g/mol. The van der Waals surface area contributed by atoms with Crippen molar-refractivity contribution in [1.29, 1.82) is 0 Å². The molecule has 0 saturated heterocycles. The Kier molecular flexibility index (Phi) is 7.32. The van der Waals surface area contributed by atoms with Crippen molar-refractivity contribution in [3.05, 3.63) is 47.0 Å². The van der Waals surface area contributed by atoms with E-state index in [4.69, 9.17) is 24.7 Å². The van der Waals surface area contributed by atoms with Gasteiger partial charge in [-0.25, -0.2) is 0 Å². The van der Waals surface area contributed by atoms with Gasteiger partial charge in [0.1, 0.15) is 11.5 Å². The molecule has 0 bridgehead atoms. The summed E-state index contributed by atoms with van der Waals surface area (Å²) in [7, 11) is 6.22. The zero-order valence-electron chi connectivity index (χ0n) is 17.0.